The van der Waals surface area contributed by atoms with Crippen molar-refractivity contribution in [3.8, 4) is 0 Å². The molecule has 3 rings (SSSR count). The fourth-order valence-electron chi connectivity index (χ4n) is 2.73. The first kappa shape index (κ1) is 12.6. The number of hydrogen-bond donors (Lipinski definition) is 2. The number of nitrogens with zero attached hydrogens (tertiary/aromatic N) is 2. The van der Waals surface area contributed by atoms with Crippen LogP contribution in [0.3, 0.4) is 0 Å². The molecule has 5 nitrogen and oxygen atoms in total. The van der Waals surface area contributed by atoms with Crippen LogP contribution in [-0.4, -0.2) is 43.1 Å². The van der Waals surface area contributed by atoms with Gasteiger partial charge in [-0.3, -0.25) is 4.90 Å². The van der Waals surface area contributed by atoms with E-state index in [2.05, 4.69) is 32.7 Å². The lowest BCUT2D eigenvalue weighted by atomic mass is 10.1. The second-order valence-electron chi connectivity index (χ2n) is 4.94. The second kappa shape index (κ2) is 5.28. The van der Waals surface area contributed by atoms with Crippen molar-refractivity contribution in [3.05, 3.63) is 29.7 Å². The molecule has 2 heterocycles. The minimum Gasteiger partial charge on any atom is -0.441 e. The first-order valence-electron chi connectivity index (χ1n) is 6.77. The summed E-state index contributed by atoms with van der Waals surface area (Å²) < 4.78 is 5.53. The smallest absolute Gasteiger partial charge is 0.192 e. The standard InChI is InChI=1S/C14H20N4O/c1-10-17-12-9-11(3-4-13(12)19-10)14(15-2)18-7-5-16-6-8-18/h3-4,9,14-16H,5-8H2,1-2H3. The van der Waals surface area contributed by atoms with Crippen molar-refractivity contribution < 1.29 is 4.42 Å². The normalized spacial score (nSPS) is 18.8. The molecule has 19 heavy (non-hydrogen) atoms. The summed E-state index contributed by atoms with van der Waals surface area (Å²) in [5.41, 5.74) is 3.03. The van der Waals surface area contributed by atoms with E-state index in [-0.39, 0.29) is 6.17 Å². The lowest BCUT2D eigenvalue weighted by Crippen LogP contribution is -2.48. The van der Waals surface area contributed by atoms with E-state index in [1.54, 1.807) is 0 Å². The fraction of sp³-hybridized carbons (Fsp3) is 0.500. The van der Waals surface area contributed by atoms with Crippen molar-refractivity contribution in [2.24, 2.45) is 0 Å². The number of nitrogens with one attached hydrogen (secondary N) is 2. The van der Waals surface area contributed by atoms with E-state index in [1.807, 2.05) is 20.0 Å². The Labute approximate surface area is 113 Å². The molecule has 102 valence electrons. The van der Waals surface area contributed by atoms with Gasteiger partial charge in [0.05, 0.1) is 6.17 Å². The molecular formula is C14H20N4O. The van der Waals surface area contributed by atoms with E-state index in [0.29, 0.717) is 0 Å². The highest BCUT2D eigenvalue weighted by atomic mass is 16.3. The molecule has 1 aromatic heterocycles. The molecule has 1 saturated heterocycles. The zero-order valence-corrected chi connectivity index (χ0v) is 11.4. The average molecular weight is 260 g/mol. The Kier molecular flexibility index (Phi) is 3.50. The Morgan fingerprint density at radius 1 is 1.37 bits per heavy atom. The number of aromatic nitrogens is 1. The summed E-state index contributed by atoms with van der Waals surface area (Å²) >= 11 is 0. The monoisotopic (exact) mass is 260 g/mol. The van der Waals surface area contributed by atoms with E-state index in [4.69, 9.17) is 4.42 Å². The molecule has 1 unspecified atom stereocenters. The summed E-state index contributed by atoms with van der Waals surface area (Å²) in [5, 5.41) is 6.78. The summed E-state index contributed by atoms with van der Waals surface area (Å²) in [4.78, 5) is 6.86. The van der Waals surface area contributed by atoms with Crippen LogP contribution in [0.2, 0.25) is 0 Å². The molecule has 0 spiro atoms. The van der Waals surface area contributed by atoms with E-state index >= 15 is 0 Å². The topological polar surface area (TPSA) is 53.3 Å². The Morgan fingerprint density at radius 2 is 2.16 bits per heavy atom. The largest absolute Gasteiger partial charge is 0.441 e. The molecule has 1 aliphatic rings. The van der Waals surface area contributed by atoms with Crippen molar-refractivity contribution in [3.63, 3.8) is 0 Å². The molecule has 1 aromatic carbocycles. The maximum atomic E-state index is 5.53. The van der Waals surface area contributed by atoms with Crippen LogP contribution < -0.4 is 10.6 Å². The van der Waals surface area contributed by atoms with Crippen LogP contribution in [0.4, 0.5) is 0 Å². The maximum Gasteiger partial charge on any atom is 0.192 e. The van der Waals surface area contributed by atoms with Crippen molar-refractivity contribution in [1.29, 1.82) is 0 Å². The van der Waals surface area contributed by atoms with Gasteiger partial charge in [0, 0.05) is 33.1 Å². The Hall–Kier alpha value is -1.43. The minimum absolute atomic E-state index is 0.239. The van der Waals surface area contributed by atoms with Gasteiger partial charge in [-0.25, -0.2) is 4.98 Å². The fourth-order valence-corrected chi connectivity index (χ4v) is 2.73. The van der Waals surface area contributed by atoms with Gasteiger partial charge in [0.15, 0.2) is 11.5 Å². The average Bonchev–Trinajstić information content (AvgIpc) is 2.80. The van der Waals surface area contributed by atoms with Gasteiger partial charge in [0.25, 0.3) is 0 Å². The first-order valence-corrected chi connectivity index (χ1v) is 6.77. The van der Waals surface area contributed by atoms with Crippen molar-refractivity contribution in [2.45, 2.75) is 13.1 Å². The molecular weight excluding hydrogens is 240 g/mol. The Balaban J connectivity index is 1.91. The van der Waals surface area contributed by atoms with Gasteiger partial charge in [0.1, 0.15) is 5.52 Å². The predicted molar refractivity (Wildman–Crippen MR) is 75.0 cm³/mol. The molecule has 1 aliphatic heterocycles. The molecule has 0 aliphatic carbocycles. The first-order chi connectivity index (χ1) is 9.28. The SMILES string of the molecule is CNC(c1ccc2oc(C)nc2c1)N1CCNCC1. The Bertz CT molecular complexity index is 560. The van der Waals surface area contributed by atoms with Gasteiger partial charge >= 0.3 is 0 Å². The van der Waals surface area contributed by atoms with Crippen molar-refractivity contribution >= 4 is 11.1 Å². The van der Waals surface area contributed by atoms with E-state index in [9.17, 15) is 0 Å². The third-order valence-electron chi connectivity index (χ3n) is 3.62. The van der Waals surface area contributed by atoms with E-state index < -0.39 is 0 Å². The van der Waals surface area contributed by atoms with Gasteiger partial charge in [-0.05, 0) is 24.7 Å². The summed E-state index contributed by atoms with van der Waals surface area (Å²) in [6, 6.07) is 6.25. The van der Waals surface area contributed by atoms with Crippen molar-refractivity contribution in [1.82, 2.24) is 20.5 Å². The number of benzene rings is 1. The number of aryl methyl sites for hydroxylation is 1. The number of fused-ring (bicyclic) bond motifs is 1. The van der Waals surface area contributed by atoms with Crippen LogP contribution in [0.25, 0.3) is 11.1 Å². The maximum absolute atomic E-state index is 5.53. The number of rotatable bonds is 3. The van der Waals surface area contributed by atoms with Crippen LogP contribution >= 0.6 is 0 Å². The number of hydrogen-bond acceptors (Lipinski definition) is 5. The second-order valence-corrected chi connectivity index (χ2v) is 4.94. The van der Waals surface area contributed by atoms with Gasteiger partial charge in [-0.2, -0.15) is 0 Å². The molecule has 2 aromatic rings. The van der Waals surface area contributed by atoms with Gasteiger partial charge in [0.2, 0.25) is 0 Å². The van der Waals surface area contributed by atoms with Gasteiger partial charge in [-0.1, -0.05) is 6.07 Å². The third-order valence-corrected chi connectivity index (χ3v) is 3.62. The van der Waals surface area contributed by atoms with Crippen LogP contribution in [0, 0.1) is 6.92 Å². The molecule has 1 atom stereocenters. The quantitative estimate of drug-likeness (QED) is 0.870. The van der Waals surface area contributed by atoms with Crippen LogP contribution in [0.15, 0.2) is 22.6 Å². The summed E-state index contributed by atoms with van der Waals surface area (Å²) in [6.45, 7) is 6.08. The Morgan fingerprint density at radius 3 is 2.89 bits per heavy atom. The highest BCUT2D eigenvalue weighted by Crippen LogP contribution is 2.23. The lowest BCUT2D eigenvalue weighted by molar-refractivity contribution is 0.153. The number of oxazole rings is 1. The lowest BCUT2D eigenvalue weighted by Gasteiger charge is -2.34. The van der Waals surface area contributed by atoms with Gasteiger partial charge in [-0.15, -0.1) is 0 Å². The van der Waals surface area contributed by atoms with E-state index in [0.717, 1.165) is 43.2 Å². The zero-order chi connectivity index (χ0) is 13.2. The summed E-state index contributed by atoms with van der Waals surface area (Å²) in [6.07, 6.45) is 0.239. The minimum atomic E-state index is 0.239. The van der Waals surface area contributed by atoms with Crippen LogP contribution in [0.1, 0.15) is 17.6 Å². The zero-order valence-electron chi connectivity index (χ0n) is 11.4. The summed E-state index contributed by atoms with van der Waals surface area (Å²) in [7, 11) is 2.00. The molecule has 2 N–H and O–H groups in total. The van der Waals surface area contributed by atoms with Crippen molar-refractivity contribution in [2.75, 3.05) is 33.2 Å². The van der Waals surface area contributed by atoms with Gasteiger partial charge < -0.3 is 15.1 Å². The molecule has 0 radical (unpaired) electrons. The van der Waals surface area contributed by atoms with Crippen LogP contribution in [-0.2, 0) is 0 Å². The molecule has 0 bridgehead atoms. The van der Waals surface area contributed by atoms with E-state index in [1.165, 1.54) is 5.56 Å². The molecule has 0 amide bonds. The molecule has 0 saturated carbocycles. The molecule has 1 fully saturated rings. The highest BCUT2D eigenvalue weighted by molar-refractivity contribution is 5.73. The number of piperazine rings is 1. The molecule has 5 heteroatoms. The predicted octanol–water partition coefficient (Wildman–Crippen LogP) is 1.26. The van der Waals surface area contributed by atoms with Crippen LogP contribution in [0.5, 0.6) is 0 Å². The summed E-state index contributed by atoms with van der Waals surface area (Å²) in [5.74, 6) is 0.718. The third kappa shape index (κ3) is 2.49. The highest BCUT2D eigenvalue weighted by Gasteiger charge is 2.21.